The first kappa shape index (κ1) is 17.7. The minimum absolute atomic E-state index is 0.193. The van der Waals surface area contributed by atoms with Crippen molar-refractivity contribution in [1.29, 1.82) is 0 Å². The van der Waals surface area contributed by atoms with Crippen LogP contribution in [0.1, 0.15) is 16.7 Å². The van der Waals surface area contributed by atoms with E-state index < -0.39 is 0 Å². The van der Waals surface area contributed by atoms with Gasteiger partial charge in [-0.1, -0.05) is 60.7 Å². The summed E-state index contributed by atoms with van der Waals surface area (Å²) < 4.78 is 1.94. The van der Waals surface area contributed by atoms with E-state index in [1.165, 1.54) is 0 Å². The van der Waals surface area contributed by atoms with Gasteiger partial charge in [0.25, 0.3) is 0 Å². The molecule has 4 heteroatoms. The molecule has 1 N–H and O–H groups in total. The van der Waals surface area contributed by atoms with Crippen molar-refractivity contribution in [2.45, 2.75) is 13.8 Å². The number of amides is 1. The van der Waals surface area contributed by atoms with Crippen molar-refractivity contribution in [1.82, 2.24) is 9.38 Å². The standard InChI is InChI=1S/C24H21N3O/c1-17-12-14-21-25-23(20-11-7-6-8-18(20)2)24(27(21)16-17)26-22(28)15-13-19-9-4-3-5-10-19/h3-16H,1-2H3,(H,26,28)/b15-13+. The lowest BCUT2D eigenvalue weighted by Crippen LogP contribution is -2.11. The van der Waals surface area contributed by atoms with Gasteiger partial charge in [-0.25, -0.2) is 4.98 Å². The third-order valence-corrected chi connectivity index (χ3v) is 4.63. The van der Waals surface area contributed by atoms with Gasteiger partial charge in [-0.3, -0.25) is 9.20 Å². The van der Waals surface area contributed by atoms with Crippen molar-refractivity contribution in [2.24, 2.45) is 0 Å². The summed E-state index contributed by atoms with van der Waals surface area (Å²) >= 11 is 0. The number of benzene rings is 2. The SMILES string of the molecule is Cc1ccc2nc(-c3ccccc3C)c(NC(=O)/C=C/c3ccccc3)n2c1. The molecule has 28 heavy (non-hydrogen) atoms. The predicted octanol–water partition coefficient (Wildman–Crippen LogP) is 5.27. The van der Waals surface area contributed by atoms with Gasteiger partial charge in [-0.15, -0.1) is 0 Å². The molecule has 0 saturated heterocycles. The Kier molecular flexibility index (Phi) is 4.77. The predicted molar refractivity (Wildman–Crippen MR) is 114 cm³/mol. The molecule has 0 spiro atoms. The monoisotopic (exact) mass is 367 g/mol. The topological polar surface area (TPSA) is 46.4 Å². The lowest BCUT2D eigenvalue weighted by molar-refractivity contribution is -0.111. The number of nitrogens with one attached hydrogen (secondary N) is 1. The summed E-state index contributed by atoms with van der Waals surface area (Å²) in [7, 11) is 0. The van der Waals surface area contributed by atoms with Crippen LogP contribution in [-0.4, -0.2) is 15.3 Å². The molecule has 2 aromatic heterocycles. The molecular weight excluding hydrogens is 346 g/mol. The summed E-state index contributed by atoms with van der Waals surface area (Å²) in [6.07, 6.45) is 5.34. The van der Waals surface area contributed by atoms with E-state index in [1.807, 2.05) is 91.2 Å². The Morgan fingerprint density at radius 1 is 0.964 bits per heavy atom. The highest BCUT2D eigenvalue weighted by atomic mass is 16.1. The fourth-order valence-electron chi connectivity index (χ4n) is 3.19. The van der Waals surface area contributed by atoms with Crippen LogP contribution in [0.2, 0.25) is 0 Å². The molecule has 0 atom stereocenters. The third-order valence-electron chi connectivity index (χ3n) is 4.63. The molecule has 0 bridgehead atoms. The first-order valence-corrected chi connectivity index (χ1v) is 9.20. The van der Waals surface area contributed by atoms with Gasteiger partial charge >= 0.3 is 0 Å². The molecule has 0 saturated carbocycles. The molecule has 0 radical (unpaired) electrons. The van der Waals surface area contributed by atoms with Crippen LogP contribution in [0.25, 0.3) is 23.0 Å². The van der Waals surface area contributed by atoms with E-state index >= 15 is 0 Å². The number of aryl methyl sites for hydroxylation is 2. The van der Waals surface area contributed by atoms with Gasteiger partial charge in [0.2, 0.25) is 5.91 Å². The molecular formula is C24H21N3O. The molecule has 4 aromatic rings. The number of anilines is 1. The van der Waals surface area contributed by atoms with Crippen molar-refractivity contribution >= 4 is 23.4 Å². The second-order valence-electron chi connectivity index (χ2n) is 6.79. The van der Waals surface area contributed by atoms with Gasteiger partial charge in [0.05, 0.1) is 0 Å². The van der Waals surface area contributed by atoms with Crippen molar-refractivity contribution in [3.63, 3.8) is 0 Å². The van der Waals surface area contributed by atoms with Crippen molar-refractivity contribution < 1.29 is 4.79 Å². The van der Waals surface area contributed by atoms with Crippen LogP contribution in [-0.2, 0) is 4.79 Å². The second-order valence-corrected chi connectivity index (χ2v) is 6.79. The maximum absolute atomic E-state index is 12.6. The summed E-state index contributed by atoms with van der Waals surface area (Å²) in [4.78, 5) is 17.4. The minimum atomic E-state index is -0.193. The lowest BCUT2D eigenvalue weighted by Gasteiger charge is -2.08. The lowest BCUT2D eigenvalue weighted by atomic mass is 10.1. The molecule has 2 aromatic carbocycles. The van der Waals surface area contributed by atoms with E-state index in [2.05, 4.69) is 5.32 Å². The van der Waals surface area contributed by atoms with Crippen LogP contribution >= 0.6 is 0 Å². The van der Waals surface area contributed by atoms with E-state index in [4.69, 9.17) is 4.98 Å². The Hall–Kier alpha value is -3.66. The molecule has 0 aliphatic heterocycles. The zero-order chi connectivity index (χ0) is 19.5. The van der Waals surface area contributed by atoms with E-state index in [-0.39, 0.29) is 5.91 Å². The fraction of sp³-hybridized carbons (Fsp3) is 0.0833. The van der Waals surface area contributed by atoms with Crippen LogP contribution in [0.15, 0.2) is 79.0 Å². The first-order valence-electron chi connectivity index (χ1n) is 9.20. The summed E-state index contributed by atoms with van der Waals surface area (Å²) in [6, 6.07) is 21.8. The van der Waals surface area contributed by atoms with Gasteiger partial charge in [0, 0.05) is 17.8 Å². The minimum Gasteiger partial charge on any atom is -0.306 e. The summed E-state index contributed by atoms with van der Waals surface area (Å²) in [5.41, 5.74) is 5.75. The number of fused-ring (bicyclic) bond motifs is 1. The average molecular weight is 367 g/mol. The molecule has 0 fully saturated rings. The van der Waals surface area contributed by atoms with E-state index in [9.17, 15) is 4.79 Å². The highest BCUT2D eigenvalue weighted by Crippen LogP contribution is 2.31. The zero-order valence-electron chi connectivity index (χ0n) is 15.9. The Morgan fingerprint density at radius 3 is 2.50 bits per heavy atom. The summed E-state index contributed by atoms with van der Waals surface area (Å²) in [5.74, 6) is 0.484. The fourth-order valence-corrected chi connectivity index (χ4v) is 3.19. The number of pyridine rings is 1. The highest BCUT2D eigenvalue weighted by Gasteiger charge is 2.17. The van der Waals surface area contributed by atoms with Crippen LogP contribution < -0.4 is 5.32 Å². The number of carbonyl (C=O) groups is 1. The van der Waals surface area contributed by atoms with Gasteiger partial charge in [-0.05, 0) is 42.7 Å². The number of imidazole rings is 1. The van der Waals surface area contributed by atoms with Gasteiger partial charge in [0.1, 0.15) is 17.2 Å². The average Bonchev–Trinajstić information content (AvgIpc) is 3.05. The third kappa shape index (κ3) is 3.58. The number of hydrogen-bond acceptors (Lipinski definition) is 2. The van der Waals surface area contributed by atoms with E-state index in [1.54, 1.807) is 12.2 Å². The molecule has 4 nitrogen and oxygen atoms in total. The van der Waals surface area contributed by atoms with Crippen molar-refractivity contribution in [2.75, 3.05) is 5.32 Å². The molecule has 138 valence electrons. The molecule has 0 aliphatic rings. The Balaban J connectivity index is 1.75. The highest BCUT2D eigenvalue weighted by molar-refractivity contribution is 6.03. The van der Waals surface area contributed by atoms with E-state index in [0.717, 1.165) is 33.6 Å². The van der Waals surface area contributed by atoms with Crippen molar-refractivity contribution in [3.8, 4) is 11.3 Å². The van der Waals surface area contributed by atoms with Gasteiger partial charge in [-0.2, -0.15) is 0 Å². The van der Waals surface area contributed by atoms with Crippen LogP contribution in [0.4, 0.5) is 5.82 Å². The number of rotatable bonds is 4. The first-order chi connectivity index (χ1) is 13.6. The molecule has 0 aliphatic carbocycles. The van der Waals surface area contributed by atoms with Crippen molar-refractivity contribution in [3.05, 3.63) is 95.7 Å². The zero-order valence-corrected chi connectivity index (χ0v) is 15.9. The number of nitrogens with zero attached hydrogens (tertiary/aromatic N) is 2. The summed E-state index contributed by atoms with van der Waals surface area (Å²) in [6.45, 7) is 4.07. The second kappa shape index (κ2) is 7.53. The number of hydrogen-bond donors (Lipinski definition) is 1. The summed E-state index contributed by atoms with van der Waals surface area (Å²) in [5, 5.41) is 3.03. The Labute approximate surface area is 164 Å². The normalized spacial score (nSPS) is 11.2. The smallest absolute Gasteiger partial charge is 0.249 e. The Bertz CT molecular complexity index is 1170. The molecule has 1 amide bonds. The largest absolute Gasteiger partial charge is 0.306 e. The maximum Gasteiger partial charge on any atom is 0.249 e. The van der Waals surface area contributed by atoms with Gasteiger partial charge in [0.15, 0.2) is 0 Å². The quantitative estimate of drug-likeness (QED) is 0.500. The maximum atomic E-state index is 12.6. The number of carbonyl (C=O) groups excluding carboxylic acids is 1. The molecule has 0 unspecified atom stereocenters. The molecule has 2 heterocycles. The van der Waals surface area contributed by atoms with E-state index in [0.29, 0.717) is 5.82 Å². The number of aromatic nitrogens is 2. The van der Waals surface area contributed by atoms with Gasteiger partial charge < -0.3 is 5.32 Å². The van der Waals surface area contributed by atoms with Crippen LogP contribution in [0.5, 0.6) is 0 Å². The van der Waals surface area contributed by atoms with Crippen LogP contribution in [0.3, 0.4) is 0 Å². The van der Waals surface area contributed by atoms with Crippen LogP contribution in [0, 0.1) is 13.8 Å². The molecule has 4 rings (SSSR count). The Morgan fingerprint density at radius 2 is 1.71 bits per heavy atom.